The Morgan fingerprint density at radius 3 is 2.82 bits per heavy atom. The van der Waals surface area contributed by atoms with Crippen LogP contribution in [-0.2, 0) is 11.3 Å². The van der Waals surface area contributed by atoms with Crippen LogP contribution < -0.4 is 15.5 Å². The fourth-order valence-electron chi connectivity index (χ4n) is 4.31. The van der Waals surface area contributed by atoms with Crippen LogP contribution in [0, 0.1) is 5.82 Å². The predicted molar refractivity (Wildman–Crippen MR) is 126 cm³/mol. The fraction of sp³-hybridized carbons (Fsp3) is 0.391. The molecule has 2 saturated heterocycles. The number of aromatic nitrogens is 3. The van der Waals surface area contributed by atoms with E-state index in [1.807, 2.05) is 17.0 Å². The number of benzene rings is 1. The third-order valence-corrected chi connectivity index (χ3v) is 6.39. The lowest BCUT2D eigenvalue weighted by atomic mass is 10.2. The molecular weight excluding hydrogens is 445 g/mol. The smallest absolute Gasteiger partial charge is 0.239 e. The number of fused-ring (bicyclic) bond motifs is 1. The molecule has 2 aromatic heterocycles. The second kappa shape index (κ2) is 9.44. The van der Waals surface area contributed by atoms with Crippen LogP contribution in [0.5, 0.6) is 0 Å². The average Bonchev–Trinajstić information content (AvgIpc) is 3.38. The van der Waals surface area contributed by atoms with Crippen LogP contribution in [0.3, 0.4) is 0 Å². The molecule has 0 aliphatic carbocycles. The molecule has 2 N–H and O–H groups in total. The number of hydrogen-bond acceptors (Lipinski definition) is 7. The average molecular weight is 470 g/mol. The summed E-state index contributed by atoms with van der Waals surface area (Å²) in [7, 11) is 0. The Bertz CT molecular complexity index is 1160. The van der Waals surface area contributed by atoms with Crippen molar-refractivity contribution in [2.45, 2.75) is 25.4 Å². The normalized spacial score (nSPS) is 18.7. The number of piperazine rings is 1. The zero-order chi connectivity index (χ0) is 22.8. The Balaban J connectivity index is 1.33. The van der Waals surface area contributed by atoms with Gasteiger partial charge < -0.3 is 20.4 Å². The van der Waals surface area contributed by atoms with Crippen molar-refractivity contribution < 1.29 is 9.18 Å². The Hall–Kier alpha value is -3.04. The molecule has 2 fully saturated rings. The number of halogens is 2. The van der Waals surface area contributed by atoms with E-state index in [9.17, 15) is 9.18 Å². The molecule has 10 heteroatoms. The molecule has 0 unspecified atom stereocenters. The first kappa shape index (κ1) is 21.8. The van der Waals surface area contributed by atoms with Crippen molar-refractivity contribution in [3.8, 4) is 0 Å². The zero-order valence-corrected chi connectivity index (χ0v) is 18.9. The van der Waals surface area contributed by atoms with Gasteiger partial charge in [-0.05, 0) is 43.7 Å². The quantitative estimate of drug-likeness (QED) is 0.594. The molecule has 0 spiro atoms. The molecule has 2 aliphatic heterocycles. The van der Waals surface area contributed by atoms with Gasteiger partial charge in [-0.2, -0.15) is 9.97 Å². The molecule has 1 atom stereocenters. The molecule has 0 bridgehead atoms. The van der Waals surface area contributed by atoms with Crippen molar-refractivity contribution in [3.63, 3.8) is 0 Å². The van der Waals surface area contributed by atoms with Crippen LogP contribution in [0.25, 0.3) is 11.0 Å². The number of anilines is 2. The Labute approximate surface area is 196 Å². The largest absolute Gasteiger partial charge is 0.365 e. The van der Waals surface area contributed by atoms with E-state index in [1.54, 1.807) is 18.3 Å². The van der Waals surface area contributed by atoms with E-state index in [-0.39, 0.29) is 24.3 Å². The standard InChI is InChI=1S/C23H25ClFN7O/c24-16-6-5-15(18(25)13-16)14-28-21-17-3-1-8-27-20(17)29-23(30-21)32-11-9-31(10-12-32)22(33)19-4-2-7-26-19/h1,3,5-6,8,13,19,26H,2,4,7,9-12,14H2,(H,27,28,29,30)/t19-/m1/s1. The van der Waals surface area contributed by atoms with Crippen LogP contribution in [0.2, 0.25) is 5.02 Å². The van der Waals surface area contributed by atoms with E-state index in [0.29, 0.717) is 54.2 Å². The maximum atomic E-state index is 14.2. The zero-order valence-electron chi connectivity index (χ0n) is 18.1. The first-order valence-corrected chi connectivity index (χ1v) is 11.5. The SMILES string of the molecule is O=C([C@H]1CCCN1)N1CCN(c2nc(NCc3ccc(Cl)cc3F)c3cccnc3n2)CC1. The monoisotopic (exact) mass is 469 g/mol. The lowest BCUT2D eigenvalue weighted by molar-refractivity contribution is -0.133. The summed E-state index contributed by atoms with van der Waals surface area (Å²) in [6.07, 6.45) is 3.64. The van der Waals surface area contributed by atoms with Crippen molar-refractivity contribution in [1.82, 2.24) is 25.2 Å². The molecule has 172 valence electrons. The fourth-order valence-corrected chi connectivity index (χ4v) is 4.47. The Morgan fingerprint density at radius 1 is 1.21 bits per heavy atom. The maximum Gasteiger partial charge on any atom is 0.239 e. The predicted octanol–water partition coefficient (Wildman–Crippen LogP) is 2.83. The van der Waals surface area contributed by atoms with E-state index in [2.05, 4.69) is 25.5 Å². The number of hydrogen-bond donors (Lipinski definition) is 2. The summed E-state index contributed by atoms with van der Waals surface area (Å²) in [6, 6.07) is 8.27. The number of carbonyl (C=O) groups excluding carboxylic acids is 1. The minimum Gasteiger partial charge on any atom is -0.365 e. The van der Waals surface area contributed by atoms with E-state index in [4.69, 9.17) is 16.6 Å². The molecule has 1 amide bonds. The van der Waals surface area contributed by atoms with Crippen molar-refractivity contribution in [1.29, 1.82) is 0 Å². The number of pyridine rings is 1. The van der Waals surface area contributed by atoms with E-state index < -0.39 is 0 Å². The minimum absolute atomic E-state index is 0.0539. The van der Waals surface area contributed by atoms with Gasteiger partial charge in [0.15, 0.2) is 5.65 Å². The number of amides is 1. The molecule has 3 aromatic rings. The molecule has 5 rings (SSSR count). The van der Waals surface area contributed by atoms with E-state index >= 15 is 0 Å². The molecule has 2 aliphatic rings. The first-order chi connectivity index (χ1) is 16.1. The minimum atomic E-state index is -0.371. The molecule has 4 heterocycles. The molecule has 8 nitrogen and oxygen atoms in total. The molecule has 33 heavy (non-hydrogen) atoms. The Kier molecular flexibility index (Phi) is 6.24. The van der Waals surface area contributed by atoms with E-state index in [0.717, 1.165) is 24.8 Å². The highest BCUT2D eigenvalue weighted by Crippen LogP contribution is 2.24. The number of rotatable bonds is 5. The summed E-state index contributed by atoms with van der Waals surface area (Å²) in [6.45, 7) is 3.69. The van der Waals surface area contributed by atoms with Crippen LogP contribution in [-0.4, -0.2) is 64.5 Å². The van der Waals surface area contributed by atoms with Crippen LogP contribution in [0.4, 0.5) is 16.2 Å². The van der Waals surface area contributed by atoms with Gasteiger partial charge in [-0.3, -0.25) is 4.79 Å². The summed E-state index contributed by atoms with van der Waals surface area (Å²) < 4.78 is 14.2. The third-order valence-electron chi connectivity index (χ3n) is 6.15. The van der Waals surface area contributed by atoms with Crippen molar-refractivity contribution in [2.75, 3.05) is 42.9 Å². The van der Waals surface area contributed by atoms with Gasteiger partial charge in [-0.25, -0.2) is 9.37 Å². The highest BCUT2D eigenvalue weighted by atomic mass is 35.5. The first-order valence-electron chi connectivity index (χ1n) is 11.2. The van der Waals surface area contributed by atoms with Crippen LogP contribution >= 0.6 is 11.6 Å². The Morgan fingerprint density at radius 2 is 2.06 bits per heavy atom. The summed E-state index contributed by atoms with van der Waals surface area (Å²) >= 11 is 5.86. The maximum absolute atomic E-state index is 14.2. The summed E-state index contributed by atoms with van der Waals surface area (Å²) in [4.78, 5) is 30.5. The molecular formula is C23H25ClFN7O. The van der Waals surface area contributed by atoms with Gasteiger partial charge in [-0.1, -0.05) is 17.7 Å². The van der Waals surface area contributed by atoms with Crippen LogP contribution in [0.1, 0.15) is 18.4 Å². The summed E-state index contributed by atoms with van der Waals surface area (Å²) in [5.74, 6) is 0.947. The number of carbonyl (C=O) groups is 1. The number of nitrogens with zero attached hydrogens (tertiary/aromatic N) is 5. The third kappa shape index (κ3) is 4.69. The summed E-state index contributed by atoms with van der Waals surface area (Å²) in [5.41, 5.74) is 1.06. The topological polar surface area (TPSA) is 86.3 Å². The molecule has 1 aromatic carbocycles. The van der Waals surface area contributed by atoms with Gasteiger partial charge in [0.2, 0.25) is 11.9 Å². The molecule has 0 saturated carbocycles. The van der Waals surface area contributed by atoms with Gasteiger partial charge in [0.05, 0.1) is 11.4 Å². The highest BCUT2D eigenvalue weighted by molar-refractivity contribution is 6.30. The second-order valence-electron chi connectivity index (χ2n) is 8.30. The van der Waals surface area contributed by atoms with Gasteiger partial charge in [-0.15, -0.1) is 0 Å². The van der Waals surface area contributed by atoms with Crippen molar-refractivity contribution in [2.24, 2.45) is 0 Å². The van der Waals surface area contributed by atoms with Crippen molar-refractivity contribution in [3.05, 3.63) is 52.9 Å². The lowest BCUT2D eigenvalue weighted by Crippen LogP contribution is -2.53. The van der Waals surface area contributed by atoms with Gasteiger partial charge in [0.1, 0.15) is 11.6 Å². The van der Waals surface area contributed by atoms with Crippen molar-refractivity contribution >= 4 is 40.3 Å². The molecule has 0 radical (unpaired) electrons. The van der Waals surface area contributed by atoms with Gasteiger partial charge >= 0.3 is 0 Å². The van der Waals surface area contributed by atoms with Crippen LogP contribution in [0.15, 0.2) is 36.5 Å². The van der Waals surface area contributed by atoms with E-state index in [1.165, 1.54) is 6.07 Å². The number of nitrogens with one attached hydrogen (secondary N) is 2. The highest BCUT2D eigenvalue weighted by Gasteiger charge is 2.30. The lowest BCUT2D eigenvalue weighted by Gasteiger charge is -2.36. The summed E-state index contributed by atoms with van der Waals surface area (Å²) in [5, 5.41) is 7.63. The van der Waals surface area contributed by atoms with Gasteiger partial charge in [0, 0.05) is 49.5 Å². The second-order valence-corrected chi connectivity index (χ2v) is 8.73. The van der Waals surface area contributed by atoms with Gasteiger partial charge in [0.25, 0.3) is 0 Å².